The minimum atomic E-state index is -1.28. The van der Waals surface area contributed by atoms with Gasteiger partial charge in [-0.2, -0.15) is 0 Å². The molecule has 0 saturated carbocycles. The predicted octanol–water partition coefficient (Wildman–Crippen LogP) is 0.895. The molecule has 0 spiro atoms. The van der Waals surface area contributed by atoms with Gasteiger partial charge in [-0.05, 0) is 23.8 Å². The monoisotopic (exact) mass is 395 g/mol. The summed E-state index contributed by atoms with van der Waals surface area (Å²) >= 11 is 7.42. The second-order valence-electron chi connectivity index (χ2n) is 5.54. The number of carboxylic acid groups (broad SMARTS) is 1. The number of thiazole rings is 1. The number of aromatic nitrogens is 1. The molecule has 1 atom stereocenters. The number of aromatic carboxylic acids is 1. The first-order valence-electron chi connectivity index (χ1n) is 7.67. The molecule has 26 heavy (non-hydrogen) atoms. The Hall–Kier alpha value is -1.37. The summed E-state index contributed by atoms with van der Waals surface area (Å²) in [4.78, 5) is 15.1. The van der Waals surface area contributed by atoms with Gasteiger partial charge in [0.15, 0.2) is 0 Å². The van der Waals surface area contributed by atoms with Crippen LogP contribution in [0.25, 0.3) is 0 Å². The van der Waals surface area contributed by atoms with E-state index in [0.717, 1.165) is 11.1 Å². The Morgan fingerprint density at radius 1 is 1.27 bits per heavy atom. The Morgan fingerprint density at radius 2 is 2.00 bits per heavy atom. The summed E-state index contributed by atoms with van der Waals surface area (Å²) in [5.41, 5.74) is 1.87. The third-order valence-electron chi connectivity index (χ3n) is 3.78. The zero-order chi connectivity index (χ0) is 17.8. The van der Waals surface area contributed by atoms with Crippen molar-refractivity contribution >= 4 is 28.9 Å². The Kier molecular flexibility index (Phi) is 7.68. The minimum absolute atomic E-state index is 0. The van der Waals surface area contributed by atoms with E-state index in [1.165, 1.54) is 16.7 Å². The molecule has 0 saturated heterocycles. The normalized spacial score (nSPS) is 11.5. The van der Waals surface area contributed by atoms with E-state index in [0.29, 0.717) is 22.4 Å². The van der Waals surface area contributed by atoms with Crippen molar-refractivity contribution in [3.63, 3.8) is 0 Å². The smallest absolute Gasteiger partial charge is 0.543 e. The molecule has 4 nitrogen and oxygen atoms in total. The van der Waals surface area contributed by atoms with Gasteiger partial charge in [0.05, 0.1) is 11.7 Å². The second-order valence-corrected chi connectivity index (χ2v) is 6.86. The summed E-state index contributed by atoms with van der Waals surface area (Å²) in [7, 11) is 0. The van der Waals surface area contributed by atoms with Gasteiger partial charge < -0.3 is 14.6 Å². The van der Waals surface area contributed by atoms with Gasteiger partial charge >= 0.3 is 29.6 Å². The molecule has 128 valence electrons. The number of hydrogen-bond donors (Lipinski definition) is 0. The molecule has 0 aliphatic heterocycles. The molecule has 0 aliphatic carbocycles. The van der Waals surface area contributed by atoms with Crippen LogP contribution in [-0.4, -0.2) is 11.0 Å². The maximum Gasteiger partial charge on any atom is 1.00 e. The van der Waals surface area contributed by atoms with E-state index in [9.17, 15) is 9.90 Å². The first kappa shape index (κ1) is 20.9. The summed E-state index contributed by atoms with van der Waals surface area (Å²) < 4.78 is 5.96. The van der Waals surface area contributed by atoms with Gasteiger partial charge in [-0.1, -0.05) is 48.9 Å². The van der Waals surface area contributed by atoms with Crippen molar-refractivity contribution in [2.75, 3.05) is 0 Å². The standard InChI is InChI=1S/C19H16ClNO3S.Na/c1-12(18-21-16(11-25-18)19(22)23)15-9-14(20)7-8-17(15)24-10-13-5-3-2-4-6-13;/h2-9,11-12H,10H2,1H3,(H,22,23);/q;+1/p-1. The molecule has 1 heterocycles. The van der Waals surface area contributed by atoms with Gasteiger partial charge in [-0.3, -0.25) is 0 Å². The molecule has 3 rings (SSSR count). The van der Waals surface area contributed by atoms with Crippen LogP contribution in [0.2, 0.25) is 5.02 Å². The SMILES string of the molecule is CC(c1nc(C(=O)[O-])cs1)c1cc(Cl)ccc1OCc1ccccc1.[Na+]. The fourth-order valence-electron chi connectivity index (χ4n) is 2.44. The van der Waals surface area contributed by atoms with E-state index in [1.54, 1.807) is 6.07 Å². The summed E-state index contributed by atoms with van der Waals surface area (Å²) in [6.07, 6.45) is 0. The number of carbonyl (C=O) groups excluding carboxylic acids is 1. The number of halogens is 1. The maximum atomic E-state index is 10.9. The van der Waals surface area contributed by atoms with Crippen molar-refractivity contribution < 1.29 is 44.2 Å². The number of rotatable bonds is 6. The van der Waals surface area contributed by atoms with Gasteiger partial charge in [-0.15, -0.1) is 11.3 Å². The van der Waals surface area contributed by atoms with Crippen molar-refractivity contribution in [2.45, 2.75) is 19.4 Å². The molecule has 0 N–H and O–H groups in total. The molecule has 1 aromatic heterocycles. The number of hydrogen-bond acceptors (Lipinski definition) is 5. The van der Waals surface area contributed by atoms with Gasteiger partial charge in [0.25, 0.3) is 0 Å². The molecule has 3 aromatic rings. The average Bonchev–Trinajstić information content (AvgIpc) is 3.11. The average molecular weight is 396 g/mol. The first-order chi connectivity index (χ1) is 12.0. The van der Waals surface area contributed by atoms with Crippen LogP contribution in [0, 0.1) is 0 Å². The number of carbonyl (C=O) groups is 1. The summed E-state index contributed by atoms with van der Waals surface area (Å²) in [6, 6.07) is 15.3. The van der Waals surface area contributed by atoms with Crippen LogP contribution in [0.3, 0.4) is 0 Å². The van der Waals surface area contributed by atoms with Crippen LogP contribution < -0.4 is 39.4 Å². The topological polar surface area (TPSA) is 62.2 Å². The van der Waals surface area contributed by atoms with Crippen molar-refractivity contribution in [2.24, 2.45) is 0 Å². The van der Waals surface area contributed by atoms with Crippen molar-refractivity contribution in [3.8, 4) is 5.75 Å². The fourth-order valence-corrected chi connectivity index (χ4v) is 3.48. The van der Waals surface area contributed by atoms with Gasteiger partial charge in [0.2, 0.25) is 0 Å². The molecule has 1 unspecified atom stereocenters. The Bertz CT molecular complexity index is 886. The summed E-state index contributed by atoms with van der Waals surface area (Å²) in [5.74, 6) is -0.727. The molecular formula is C19H15ClNNaO3S. The van der Waals surface area contributed by atoms with E-state index in [-0.39, 0.29) is 41.2 Å². The van der Waals surface area contributed by atoms with E-state index in [1.807, 2.05) is 49.4 Å². The van der Waals surface area contributed by atoms with Crippen LogP contribution in [0.5, 0.6) is 5.75 Å². The zero-order valence-electron chi connectivity index (χ0n) is 14.4. The molecule has 0 aliphatic rings. The Labute approximate surface area is 183 Å². The van der Waals surface area contributed by atoms with Crippen molar-refractivity contribution in [1.82, 2.24) is 4.98 Å². The van der Waals surface area contributed by atoms with Crippen LogP contribution in [0.4, 0.5) is 0 Å². The van der Waals surface area contributed by atoms with Crippen molar-refractivity contribution in [3.05, 3.63) is 80.8 Å². The maximum absolute atomic E-state index is 10.9. The number of nitrogens with zero attached hydrogens (tertiary/aromatic N) is 1. The molecule has 0 amide bonds. The predicted molar refractivity (Wildman–Crippen MR) is 96.2 cm³/mol. The van der Waals surface area contributed by atoms with E-state index >= 15 is 0 Å². The first-order valence-corrected chi connectivity index (χ1v) is 8.93. The minimum Gasteiger partial charge on any atom is -0.543 e. The quantitative estimate of drug-likeness (QED) is 0.582. The summed E-state index contributed by atoms with van der Waals surface area (Å²) in [5, 5.41) is 13.7. The Morgan fingerprint density at radius 3 is 2.65 bits per heavy atom. The van der Waals surface area contributed by atoms with E-state index in [4.69, 9.17) is 16.3 Å². The van der Waals surface area contributed by atoms with Crippen molar-refractivity contribution in [1.29, 1.82) is 0 Å². The third kappa shape index (κ3) is 5.09. The molecule has 7 heteroatoms. The Balaban J connectivity index is 0.00000243. The molecule has 0 radical (unpaired) electrons. The van der Waals surface area contributed by atoms with Crippen LogP contribution in [-0.2, 0) is 6.61 Å². The fraction of sp³-hybridized carbons (Fsp3) is 0.158. The number of carboxylic acids is 1. The van der Waals surface area contributed by atoms with E-state index in [2.05, 4.69) is 4.98 Å². The van der Waals surface area contributed by atoms with E-state index < -0.39 is 5.97 Å². The molecular weight excluding hydrogens is 381 g/mol. The number of benzene rings is 2. The molecule has 0 fully saturated rings. The van der Waals surface area contributed by atoms with Crippen LogP contribution in [0.1, 0.15) is 39.5 Å². The zero-order valence-corrected chi connectivity index (χ0v) is 18.0. The third-order valence-corrected chi connectivity index (χ3v) is 5.04. The van der Waals surface area contributed by atoms with Gasteiger partial charge in [-0.25, -0.2) is 4.98 Å². The van der Waals surface area contributed by atoms with Gasteiger partial charge in [0, 0.05) is 21.9 Å². The summed E-state index contributed by atoms with van der Waals surface area (Å²) in [6.45, 7) is 2.38. The molecule has 2 aromatic carbocycles. The van der Waals surface area contributed by atoms with Crippen LogP contribution in [0.15, 0.2) is 53.9 Å². The number of ether oxygens (including phenoxy) is 1. The van der Waals surface area contributed by atoms with Crippen LogP contribution >= 0.6 is 22.9 Å². The largest absolute Gasteiger partial charge is 1.00 e. The van der Waals surface area contributed by atoms with Gasteiger partial charge in [0.1, 0.15) is 17.4 Å². The molecule has 0 bridgehead atoms. The second kappa shape index (κ2) is 9.53.